The van der Waals surface area contributed by atoms with Crippen molar-refractivity contribution in [3.63, 3.8) is 0 Å². The number of carbonyl (C=O) groups is 3. The Hall–Kier alpha value is -3.36. The summed E-state index contributed by atoms with van der Waals surface area (Å²) in [6.45, 7) is 19.3. The van der Waals surface area contributed by atoms with E-state index in [1.807, 2.05) is 91.0 Å². The monoisotopic (exact) mass is 943 g/mol. The largest absolute Gasteiger partial charge is 0.459 e. The minimum atomic E-state index is -1.65. The van der Waals surface area contributed by atoms with Crippen LogP contribution in [0.25, 0.3) is 10.9 Å². The first kappa shape index (κ1) is 53.0. The van der Waals surface area contributed by atoms with Crippen LogP contribution in [0.15, 0.2) is 36.5 Å². The summed E-state index contributed by atoms with van der Waals surface area (Å²) >= 11 is 0. The summed E-state index contributed by atoms with van der Waals surface area (Å²) in [6, 6.07) is 9.70. The summed E-state index contributed by atoms with van der Waals surface area (Å²) in [4.78, 5) is 48.2. The van der Waals surface area contributed by atoms with Gasteiger partial charge in [-0.15, -0.1) is 0 Å². The van der Waals surface area contributed by atoms with Gasteiger partial charge in [0.05, 0.1) is 47.6 Å². The number of likely N-dealkylation sites (N-methyl/N-ethyl adjacent to an activating group) is 1. The van der Waals surface area contributed by atoms with E-state index in [1.54, 1.807) is 27.7 Å². The SMILES string of the molecule is CC[C@H]1OC(=O)[C@H](C)[C@@H](O[C@H]2C[C@@](C)(OC)C(OC(=O)NCCNCc3cnc4ccccc4c3)[C@H](C)O2)[C@H](C)[C@@H](O[C@@H]2O[C@H](C)C[C@H](N(C)C)[C@H]2O)[C@@](C)(O)C[C@@H](C)[C@H]2O[C@@]1(C)C(=O)[C@H]2C. The van der Waals surface area contributed by atoms with Crippen LogP contribution in [0.3, 0.4) is 0 Å². The number of hydrogen-bond acceptors (Lipinski definition) is 16. The zero-order chi connectivity index (χ0) is 49.2. The van der Waals surface area contributed by atoms with Crippen molar-refractivity contribution in [3.8, 4) is 0 Å². The fourth-order valence-electron chi connectivity index (χ4n) is 11.1. The van der Waals surface area contributed by atoms with Gasteiger partial charge < -0.3 is 63.6 Å². The van der Waals surface area contributed by atoms with E-state index in [1.165, 1.54) is 7.11 Å². The molecule has 4 saturated heterocycles. The molecule has 4 fully saturated rings. The molecule has 1 amide bonds. The van der Waals surface area contributed by atoms with Gasteiger partial charge >= 0.3 is 12.1 Å². The number of hydrogen-bond donors (Lipinski definition) is 4. The van der Waals surface area contributed by atoms with Crippen LogP contribution in [0, 0.1) is 23.7 Å². The van der Waals surface area contributed by atoms with Crippen LogP contribution >= 0.6 is 0 Å². The van der Waals surface area contributed by atoms with Crippen LogP contribution in [-0.4, -0.2) is 156 Å². The van der Waals surface area contributed by atoms with Crippen LogP contribution in [0.1, 0.15) is 100 Å². The van der Waals surface area contributed by atoms with Gasteiger partial charge in [0, 0.05) is 62.6 Å². The normalized spacial score (nSPS) is 41.0. The third-order valence-corrected chi connectivity index (χ3v) is 14.9. The molecule has 6 rings (SSSR count). The molecule has 1 aromatic heterocycles. The zero-order valence-electron chi connectivity index (χ0n) is 41.9. The highest BCUT2D eigenvalue weighted by atomic mass is 16.7. The number of ether oxygens (including phenoxy) is 8. The van der Waals surface area contributed by atoms with E-state index < -0.39 is 102 Å². The zero-order valence-corrected chi connectivity index (χ0v) is 41.9. The van der Waals surface area contributed by atoms with Gasteiger partial charge in [0.2, 0.25) is 0 Å². The smallest absolute Gasteiger partial charge is 0.407 e. The quantitative estimate of drug-likeness (QED) is 0.156. The number of pyridine rings is 1. The number of nitrogens with one attached hydrogen (secondary N) is 2. The number of benzene rings is 1. The molecule has 376 valence electrons. The summed E-state index contributed by atoms with van der Waals surface area (Å²) in [7, 11) is 5.29. The number of amides is 1. The molecule has 0 aliphatic carbocycles. The van der Waals surface area contributed by atoms with Crippen LogP contribution in [0.4, 0.5) is 4.79 Å². The van der Waals surface area contributed by atoms with Crippen molar-refractivity contribution < 1.29 is 62.5 Å². The Morgan fingerprint density at radius 3 is 2.37 bits per heavy atom. The molecular weight excluding hydrogens is 865 g/mol. The highest BCUT2D eigenvalue weighted by molar-refractivity contribution is 5.92. The van der Waals surface area contributed by atoms with Crippen molar-refractivity contribution in [3.05, 3.63) is 42.1 Å². The second-order valence-corrected chi connectivity index (χ2v) is 20.5. The summed E-state index contributed by atoms with van der Waals surface area (Å²) in [5.41, 5.74) is -2.23. The molecule has 1 unspecified atom stereocenters. The molecule has 17 heteroatoms. The lowest BCUT2D eigenvalue weighted by molar-refractivity contribution is -0.317. The summed E-state index contributed by atoms with van der Waals surface area (Å²) in [6.07, 6.45) is -6.50. The van der Waals surface area contributed by atoms with Crippen molar-refractivity contribution in [1.29, 1.82) is 0 Å². The molecule has 4 aliphatic heterocycles. The lowest BCUT2D eigenvalue weighted by atomic mass is 9.75. The number of Topliss-reactive ketones (excluding diaryl/α,β-unsaturated/α-hetero) is 1. The second kappa shape index (κ2) is 21.7. The van der Waals surface area contributed by atoms with Gasteiger partial charge in [0.25, 0.3) is 0 Å². The Morgan fingerprint density at radius 1 is 0.970 bits per heavy atom. The maximum Gasteiger partial charge on any atom is 0.407 e. The Bertz CT molecular complexity index is 2010. The number of ketones is 1. The number of fused-ring (bicyclic) bond motifs is 3. The average molecular weight is 943 g/mol. The van der Waals surface area contributed by atoms with E-state index in [-0.39, 0.29) is 36.7 Å². The van der Waals surface area contributed by atoms with Crippen LogP contribution < -0.4 is 10.6 Å². The highest BCUT2D eigenvalue weighted by Gasteiger charge is 2.59. The first-order chi connectivity index (χ1) is 31.5. The third-order valence-electron chi connectivity index (χ3n) is 14.9. The van der Waals surface area contributed by atoms with Crippen LogP contribution in [0.5, 0.6) is 0 Å². The van der Waals surface area contributed by atoms with E-state index >= 15 is 0 Å². The Kier molecular flexibility index (Phi) is 17.2. The van der Waals surface area contributed by atoms with E-state index in [0.717, 1.165) is 16.5 Å². The molecule has 1 aromatic carbocycles. The van der Waals surface area contributed by atoms with Crippen molar-refractivity contribution in [2.45, 2.75) is 186 Å². The van der Waals surface area contributed by atoms with Gasteiger partial charge in [-0.2, -0.15) is 0 Å². The minimum absolute atomic E-state index is 0.0844. The fraction of sp³-hybridized carbons (Fsp3) is 0.760. The fourth-order valence-corrected chi connectivity index (χ4v) is 11.1. The average Bonchev–Trinajstić information content (AvgIpc) is 3.52. The number of rotatable bonds is 13. The van der Waals surface area contributed by atoms with Crippen molar-refractivity contribution in [1.82, 2.24) is 20.5 Å². The van der Waals surface area contributed by atoms with Crippen molar-refractivity contribution in [2.75, 3.05) is 34.3 Å². The van der Waals surface area contributed by atoms with Gasteiger partial charge in [-0.3, -0.25) is 14.6 Å². The molecular formula is C50H78N4O13. The van der Waals surface area contributed by atoms with Gasteiger partial charge in [0.15, 0.2) is 30.1 Å². The van der Waals surface area contributed by atoms with E-state index in [4.69, 9.17) is 37.9 Å². The number of methoxy groups -OCH3 is 1. The number of aliphatic hydroxyl groups excluding tert-OH is 1. The molecule has 0 radical (unpaired) electrons. The number of alkyl carbamates (subject to hydrolysis) is 1. The number of nitrogens with zero attached hydrogens (tertiary/aromatic N) is 2. The molecule has 17 nitrogen and oxygen atoms in total. The van der Waals surface area contributed by atoms with Gasteiger partial charge in [0.1, 0.15) is 17.8 Å². The Labute approximate surface area is 396 Å². The summed E-state index contributed by atoms with van der Waals surface area (Å²) < 4.78 is 51.3. The first-order valence-electron chi connectivity index (χ1n) is 24.2. The Morgan fingerprint density at radius 2 is 1.69 bits per heavy atom. The first-order valence-corrected chi connectivity index (χ1v) is 24.2. The molecule has 5 heterocycles. The molecule has 4 N–H and O–H groups in total. The standard InChI is InChI=1S/C50H78N4O13/c1-14-37-50(10)42(56)29(4)40(67-50)27(2)23-48(8,59)43(65-46-39(55)36(54(11)12)21-28(3)61-46)30(5)41(31(6)45(57)63-37)64-38-24-49(9,60-13)44(32(7)62-38)66-47(58)52-20-19-51-25-33-22-34-17-15-16-18-35(34)53-26-33/h15-18,22,26-32,36-41,43-44,46,51,55,59H,14,19-21,23-25H2,1-13H3,(H,52,58)/t27-,28-,29+,30+,31-,32+,36+,37-,38+,39-,40-,41+,43-,44?,46+,48+,49-,50-/m1/s1. The number of carbonyl (C=O) groups excluding carboxylic acids is 3. The summed E-state index contributed by atoms with van der Waals surface area (Å²) in [5, 5.41) is 31.7. The molecule has 67 heavy (non-hydrogen) atoms. The molecule has 4 aliphatic rings. The number of para-hydroxylation sites is 1. The van der Waals surface area contributed by atoms with E-state index in [2.05, 4.69) is 21.7 Å². The molecule has 0 saturated carbocycles. The molecule has 0 spiro atoms. The van der Waals surface area contributed by atoms with Gasteiger partial charge in [-0.05, 0) is 98.5 Å². The van der Waals surface area contributed by atoms with E-state index in [0.29, 0.717) is 32.5 Å². The lowest BCUT2D eigenvalue weighted by Gasteiger charge is -2.49. The second-order valence-electron chi connectivity index (χ2n) is 20.5. The summed E-state index contributed by atoms with van der Waals surface area (Å²) in [5.74, 6) is -3.51. The van der Waals surface area contributed by atoms with Gasteiger partial charge in [-0.25, -0.2) is 4.79 Å². The topological polar surface area (TPSA) is 206 Å². The Balaban J connectivity index is 1.22. The van der Waals surface area contributed by atoms with Gasteiger partial charge in [-0.1, -0.05) is 45.9 Å². The lowest BCUT2D eigenvalue weighted by Crippen LogP contribution is -2.61. The van der Waals surface area contributed by atoms with Crippen LogP contribution in [0.2, 0.25) is 0 Å². The van der Waals surface area contributed by atoms with Crippen LogP contribution in [-0.2, 0) is 54.0 Å². The minimum Gasteiger partial charge on any atom is -0.459 e. The maximum atomic E-state index is 14.5. The highest BCUT2D eigenvalue weighted by Crippen LogP contribution is 2.45. The molecule has 2 bridgehead atoms. The molecule has 18 atom stereocenters. The molecule has 2 aromatic rings. The third kappa shape index (κ3) is 11.6. The predicted octanol–water partition coefficient (Wildman–Crippen LogP) is 4.90. The maximum absolute atomic E-state index is 14.5. The number of aromatic nitrogens is 1. The predicted molar refractivity (Wildman–Crippen MR) is 249 cm³/mol. The van der Waals surface area contributed by atoms with Crippen molar-refractivity contribution in [2.24, 2.45) is 23.7 Å². The van der Waals surface area contributed by atoms with Crippen molar-refractivity contribution >= 4 is 28.7 Å². The number of cyclic esters (lactones) is 1. The van der Waals surface area contributed by atoms with E-state index in [9.17, 15) is 24.6 Å². The number of esters is 1. The number of aliphatic hydroxyl groups is 2.